The maximum absolute atomic E-state index is 13.3. The Balaban J connectivity index is 0.958. The summed E-state index contributed by atoms with van der Waals surface area (Å²) in [6, 6.07) is -9.33. The number of hydrogen-bond acceptors (Lipinski definition) is 56. The molecule has 0 aromatic rings. The highest BCUT2D eigenvalue weighted by molar-refractivity contribution is 5.77. The summed E-state index contributed by atoms with van der Waals surface area (Å²) >= 11 is 0. The molecule has 11 saturated heterocycles. The molecule has 0 saturated carbocycles. The van der Waals surface area contributed by atoms with Gasteiger partial charge in [0, 0.05) is 41.0 Å². The Morgan fingerprint density at radius 3 is 0.831 bits per heavy atom. The third-order valence-corrected chi connectivity index (χ3v) is 25.9. The van der Waals surface area contributed by atoms with Gasteiger partial charge in [0.1, 0.15) is 268 Å². The number of carbonyl (C=O) groups is 6. The smallest absolute Gasteiger partial charge is 0.221 e. The first-order chi connectivity index (χ1) is 67.3. The summed E-state index contributed by atoms with van der Waals surface area (Å²) in [7, 11) is 0. The number of nitrogens with one attached hydrogen (secondary N) is 6. The van der Waals surface area contributed by atoms with E-state index in [0.29, 0.717) is 0 Å². The highest BCUT2D eigenvalue weighted by Crippen LogP contribution is 2.42. The first-order valence-electron chi connectivity index (χ1n) is 45.7. The first kappa shape index (κ1) is 117. The Bertz CT molecular complexity index is 3950. The molecule has 6 amide bonds. The van der Waals surface area contributed by atoms with Crippen LogP contribution in [0.25, 0.3) is 0 Å². The van der Waals surface area contributed by atoms with Gasteiger partial charge in [-0.1, -0.05) is 6.92 Å². The Morgan fingerprint density at radius 2 is 0.465 bits per heavy atom. The summed E-state index contributed by atoms with van der Waals surface area (Å²) in [6.45, 7) is -6.91. The molecule has 0 radical (unpaired) electrons. The van der Waals surface area contributed by atoms with Gasteiger partial charge in [0.05, 0.1) is 85.3 Å². The van der Waals surface area contributed by atoms with E-state index in [2.05, 4.69) is 31.9 Å². The molecule has 820 valence electrons. The molecule has 11 heterocycles. The Labute approximate surface area is 805 Å². The fourth-order valence-electron chi connectivity index (χ4n) is 18.4. The second kappa shape index (κ2) is 52.0. The number of amides is 6. The van der Waals surface area contributed by atoms with Gasteiger partial charge in [0.2, 0.25) is 35.4 Å². The summed E-state index contributed by atoms with van der Waals surface area (Å²) in [5.74, 6) is -5.32. The van der Waals surface area contributed by atoms with Crippen LogP contribution < -0.4 is 31.9 Å². The fraction of sp³-hybridized carbons (Fsp3) is 0.925. The van der Waals surface area contributed by atoms with E-state index in [4.69, 9.17) is 99.5 Å². The molecule has 0 aliphatic carbocycles. The van der Waals surface area contributed by atoms with Crippen LogP contribution in [0.4, 0.5) is 0 Å². The SMILES string of the molecule is CCC(=O)N[C@@H]1OC(CO)[C@@H](O[C@@H]2OC(CO)[C@@H](O[C@@H]3OC(CO[C@H]4OC(COC[C@@H]5OC(CO)[C@@H](O[C@@H]6OC(CO)[C@H](O)[C@H](O)C6O)[C@H](O)C5NC(C)=O)[C@@H](O)[C@H](O)C4O[C@@H]4OC(CO)[C@@H](O[C@@H]5OC(CO)[C@H](O)[C@H](O)C5O)[C@H](O)C4NC(C)=O)[C@@H](O)[C@H](O[C@H]4O[C@@H](CO)[C@@H](O)C(O)C4O[C@@H]4OC(CO)[C@@H](O[C@@H]5OC(CO)[C@H](O)[C@H](O)C5O)[C@H](O)C4NC(C)=O)C3O)[C@H](O)C2NC(C)=O)[C@H](O)C1NC(C)=O. The van der Waals surface area contributed by atoms with E-state index < -0.39 is 452 Å². The van der Waals surface area contributed by atoms with E-state index >= 15 is 0 Å². The summed E-state index contributed by atoms with van der Waals surface area (Å²) in [6.07, 6.45) is -106. The van der Waals surface area contributed by atoms with E-state index in [1.54, 1.807) is 0 Å². The number of hydrogen-bond donors (Lipinski definition) is 35. The molecule has 62 nitrogen and oxygen atoms in total. The lowest BCUT2D eigenvalue weighted by Crippen LogP contribution is -2.71. The van der Waals surface area contributed by atoms with Crippen molar-refractivity contribution in [2.75, 3.05) is 79.3 Å². The first-order valence-corrected chi connectivity index (χ1v) is 45.7. The lowest BCUT2D eigenvalue weighted by Gasteiger charge is -2.51. The molecule has 0 bridgehead atoms. The Kier molecular flexibility index (Phi) is 42.9. The fourth-order valence-corrected chi connectivity index (χ4v) is 18.4. The van der Waals surface area contributed by atoms with Gasteiger partial charge in [0.15, 0.2) is 62.8 Å². The summed E-state index contributed by atoms with van der Waals surface area (Å²) < 4.78 is 127. The van der Waals surface area contributed by atoms with Crippen molar-refractivity contribution in [2.45, 2.75) is 385 Å². The Hall–Kier alpha value is -5.18. The molecule has 0 aromatic heterocycles. The van der Waals surface area contributed by atoms with E-state index in [-0.39, 0.29) is 6.42 Å². The van der Waals surface area contributed by atoms with Crippen LogP contribution in [0.5, 0.6) is 0 Å². The minimum absolute atomic E-state index is 0.149. The average Bonchev–Trinajstić information content (AvgIpc) is 0.759. The molecule has 0 aromatic carbocycles. The van der Waals surface area contributed by atoms with Crippen LogP contribution in [0.1, 0.15) is 48.0 Å². The maximum Gasteiger partial charge on any atom is 0.221 e. The molecule has 11 fully saturated rings. The van der Waals surface area contributed by atoms with Crippen LogP contribution in [0.3, 0.4) is 0 Å². The quantitative estimate of drug-likeness (QED) is 0.0272. The number of aliphatic hydroxyl groups is 29. The molecular weight excluding hydrogens is 1940 g/mol. The lowest BCUT2D eigenvalue weighted by atomic mass is 9.92. The minimum atomic E-state index is -2.69. The van der Waals surface area contributed by atoms with Crippen molar-refractivity contribution in [1.29, 1.82) is 0 Å². The number of aliphatic hydroxyl groups excluding tert-OH is 29. The zero-order chi connectivity index (χ0) is 105. The molecule has 0 spiro atoms. The van der Waals surface area contributed by atoms with Crippen molar-refractivity contribution in [3.63, 3.8) is 0 Å². The second-order valence-electron chi connectivity index (χ2n) is 35.9. The van der Waals surface area contributed by atoms with E-state index in [9.17, 15) is 177 Å². The van der Waals surface area contributed by atoms with Gasteiger partial charge in [-0.2, -0.15) is 0 Å². The van der Waals surface area contributed by atoms with E-state index in [1.807, 2.05) is 0 Å². The zero-order valence-electron chi connectivity index (χ0n) is 76.9. The van der Waals surface area contributed by atoms with Gasteiger partial charge in [-0.15, -0.1) is 0 Å². The van der Waals surface area contributed by atoms with Gasteiger partial charge in [-0.05, 0) is 0 Å². The summed E-state index contributed by atoms with van der Waals surface area (Å²) in [5, 5.41) is 342. The molecule has 11 aliphatic heterocycles. The summed E-state index contributed by atoms with van der Waals surface area (Å²) in [5.41, 5.74) is 0. The largest absolute Gasteiger partial charge is 0.394 e. The lowest BCUT2D eigenvalue weighted by molar-refractivity contribution is -0.399. The third kappa shape index (κ3) is 26.5. The van der Waals surface area contributed by atoms with Crippen LogP contribution in [0.15, 0.2) is 0 Å². The van der Waals surface area contributed by atoms with Crippen LogP contribution >= 0.6 is 0 Å². The van der Waals surface area contributed by atoms with Crippen molar-refractivity contribution in [3.05, 3.63) is 0 Å². The Morgan fingerprint density at radius 1 is 0.211 bits per heavy atom. The van der Waals surface area contributed by atoms with E-state index in [0.717, 1.165) is 34.6 Å². The van der Waals surface area contributed by atoms with Crippen molar-refractivity contribution in [1.82, 2.24) is 31.9 Å². The monoisotopic (exact) mass is 2070 g/mol. The van der Waals surface area contributed by atoms with Crippen molar-refractivity contribution in [2.24, 2.45) is 0 Å². The summed E-state index contributed by atoms with van der Waals surface area (Å²) in [4.78, 5) is 78.0. The zero-order valence-corrected chi connectivity index (χ0v) is 76.9. The van der Waals surface area contributed by atoms with Gasteiger partial charge >= 0.3 is 0 Å². The van der Waals surface area contributed by atoms with Gasteiger partial charge in [0.25, 0.3) is 0 Å². The molecular formula is C80H134N6O56. The second-order valence-corrected chi connectivity index (χ2v) is 35.9. The molecule has 22 unspecified atom stereocenters. The van der Waals surface area contributed by atoms with Crippen molar-refractivity contribution >= 4 is 35.4 Å². The van der Waals surface area contributed by atoms with Gasteiger partial charge in [-0.25, -0.2) is 0 Å². The van der Waals surface area contributed by atoms with Crippen LogP contribution in [-0.2, 0) is 128 Å². The highest BCUT2D eigenvalue weighted by Gasteiger charge is 2.63. The minimum Gasteiger partial charge on any atom is -0.394 e. The molecule has 11 rings (SSSR count). The topological polar surface area (TPSA) is 955 Å². The standard InChI is InChI=1S/C80H134N6O56/c1-7-37(101)86-71-39(82-21(3)97)50(109)64(30(13-92)125-71)135-72-40(83-22(4)98)51(110)67(33(16-95)130-72)139-78-62(121)68(140-80-70(57(116)46(105)28(11-90)129-80)142-74-42(85-24(6)100)53(112)66(32(15-94)132-74)138-77-61(120)56(115)45(104)27(10-89)128-77)48(107)36(133-78)19-123-79-69(141-73-41(84-23(5)99)52(111)65(31(14-93)131-73)137-76-60(119)55(114)44(103)26(9-88)127-76)58(117)47(106)35(134-79)18-122-17-34-38(81-20(2)96)49(108)63(29(12-91)124-34)136-75-59(118)54(113)43(102)25(8-87)126-75/h25-36,38-80,87-95,102-121H,7-19H2,1-6H3,(H,81,96)(H,82,97)(H,83,98)(H,84,99)(H,85,100)(H,86,101)/t25?,26?,27?,28-,29?,30?,31?,32?,33?,34-,35?,36?,38?,39?,40?,41?,42?,43-,44-,45-,46+,47+,48+,49+,50+,51+,52+,53+,54-,55-,56-,57?,58-,59?,60?,61?,62?,63+,64+,65+,66+,67+,68-,69?,70?,71+,72-,73-,74-,75-,76-,77-,78-,79-,80+/m0/s1. The normalized spacial score (nSPS) is 47.6. The van der Waals surface area contributed by atoms with Gasteiger partial charge in [-0.3, -0.25) is 28.8 Å². The average molecular weight is 2080 g/mol. The van der Waals surface area contributed by atoms with Crippen molar-refractivity contribution in [3.8, 4) is 0 Å². The van der Waals surface area contributed by atoms with Crippen LogP contribution in [-0.4, -0.2) is 600 Å². The maximum atomic E-state index is 13.3. The predicted octanol–water partition coefficient (Wildman–Crippen LogP) is -23.7. The number of carbonyl (C=O) groups excluding carboxylic acids is 6. The molecule has 142 heavy (non-hydrogen) atoms. The highest BCUT2D eigenvalue weighted by atomic mass is 16.8. The molecule has 35 N–H and O–H groups in total. The van der Waals surface area contributed by atoms with E-state index in [1.165, 1.54) is 6.92 Å². The number of ether oxygens (including phenoxy) is 21. The van der Waals surface area contributed by atoms with Gasteiger partial charge < -0.3 is 279 Å². The van der Waals surface area contributed by atoms with Crippen LogP contribution in [0.2, 0.25) is 0 Å². The molecule has 62 heteroatoms. The molecule has 11 aliphatic rings. The van der Waals surface area contributed by atoms with Crippen LogP contribution in [0, 0.1) is 0 Å². The predicted molar refractivity (Wildman–Crippen MR) is 441 cm³/mol. The number of rotatable bonds is 39. The third-order valence-electron chi connectivity index (χ3n) is 25.9. The molecule has 55 atom stereocenters. The van der Waals surface area contributed by atoms with Crippen molar-refractivity contribution < 1.29 is 276 Å².